The number of nitrogens with one attached hydrogen (secondary N) is 1. The summed E-state index contributed by atoms with van der Waals surface area (Å²) in [6.45, 7) is 9.88. The summed E-state index contributed by atoms with van der Waals surface area (Å²) in [5.41, 5.74) is 3.16. The van der Waals surface area contributed by atoms with E-state index in [2.05, 4.69) is 15.1 Å². The van der Waals surface area contributed by atoms with E-state index >= 15 is 0 Å². The number of benzene rings is 2. The number of hydrogen-bond donors (Lipinski definition) is 2. The lowest BCUT2D eigenvalue weighted by Gasteiger charge is -2.35. The molecule has 0 aromatic heterocycles. The zero-order valence-electron chi connectivity index (χ0n) is 21.5. The third kappa shape index (κ3) is 8.84. The van der Waals surface area contributed by atoms with E-state index in [9.17, 15) is 9.90 Å². The Balaban J connectivity index is 1.24. The quantitative estimate of drug-likeness (QED) is 0.422. The molecule has 0 aliphatic carbocycles. The summed E-state index contributed by atoms with van der Waals surface area (Å²) in [5.74, 6) is 1.43. The topological polar surface area (TPSA) is 74.3 Å². The van der Waals surface area contributed by atoms with Gasteiger partial charge in [0, 0.05) is 44.8 Å². The van der Waals surface area contributed by atoms with Crippen LogP contribution < -0.4 is 14.8 Å². The second-order valence-electron chi connectivity index (χ2n) is 9.38. The Morgan fingerprint density at radius 1 is 0.943 bits per heavy atom. The number of carbonyl (C=O) groups excluding carboxylic acids is 1. The molecule has 7 heteroatoms. The number of para-hydroxylation sites is 3. The number of anilines is 1. The summed E-state index contributed by atoms with van der Waals surface area (Å²) in [4.78, 5) is 17.1. The zero-order valence-corrected chi connectivity index (χ0v) is 21.5. The van der Waals surface area contributed by atoms with Crippen LogP contribution in [0.4, 0.5) is 5.69 Å². The van der Waals surface area contributed by atoms with Gasteiger partial charge in [-0.05, 0) is 56.5 Å². The maximum Gasteiger partial charge on any atom is 0.224 e. The molecule has 192 valence electrons. The molecular formula is C28H41N3O4. The van der Waals surface area contributed by atoms with Crippen LogP contribution in [0.15, 0.2) is 42.5 Å². The first-order valence-electron chi connectivity index (χ1n) is 12.7. The fourth-order valence-electron chi connectivity index (χ4n) is 4.48. The van der Waals surface area contributed by atoms with E-state index in [-0.39, 0.29) is 12.5 Å². The van der Waals surface area contributed by atoms with Crippen LogP contribution in [0, 0.1) is 13.8 Å². The maximum atomic E-state index is 12.3. The van der Waals surface area contributed by atoms with Crippen LogP contribution in [-0.4, -0.2) is 79.9 Å². The number of aryl methyl sites for hydroxylation is 2. The third-order valence-electron chi connectivity index (χ3n) is 6.56. The number of piperazine rings is 1. The Bertz CT molecular complexity index is 908. The van der Waals surface area contributed by atoms with Gasteiger partial charge in [0.15, 0.2) is 11.5 Å². The zero-order chi connectivity index (χ0) is 25.0. The van der Waals surface area contributed by atoms with Gasteiger partial charge in [0.2, 0.25) is 5.91 Å². The summed E-state index contributed by atoms with van der Waals surface area (Å²) in [5, 5.41) is 13.5. The van der Waals surface area contributed by atoms with Crippen molar-refractivity contribution in [1.29, 1.82) is 0 Å². The number of carbonyl (C=O) groups is 1. The van der Waals surface area contributed by atoms with Gasteiger partial charge in [0.1, 0.15) is 12.7 Å². The number of rotatable bonds is 13. The molecule has 3 rings (SSSR count). The fourth-order valence-corrected chi connectivity index (χ4v) is 4.48. The van der Waals surface area contributed by atoms with Crippen molar-refractivity contribution in [2.45, 2.75) is 45.6 Å². The minimum Gasteiger partial charge on any atom is -0.493 e. The maximum absolute atomic E-state index is 12.3. The molecule has 1 amide bonds. The van der Waals surface area contributed by atoms with Gasteiger partial charge in [-0.15, -0.1) is 0 Å². The van der Waals surface area contributed by atoms with Crippen molar-refractivity contribution in [1.82, 2.24) is 9.80 Å². The number of unbranched alkanes of at least 4 members (excludes halogenated alkanes) is 2. The lowest BCUT2D eigenvalue weighted by molar-refractivity contribution is -0.116. The smallest absolute Gasteiger partial charge is 0.224 e. The highest BCUT2D eigenvalue weighted by molar-refractivity contribution is 5.92. The van der Waals surface area contributed by atoms with Crippen LogP contribution in [0.1, 0.15) is 36.8 Å². The average molecular weight is 484 g/mol. The molecule has 2 aromatic rings. The van der Waals surface area contributed by atoms with Crippen LogP contribution >= 0.6 is 0 Å². The van der Waals surface area contributed by atoms with Crippen LogP contribution in [0.3, 0.4) is 0 Å². The molecule has 1 aliphatic heterocycles. The van der Waals surface area contributed by atoms with E-state index in [1.54, 1.807) is 7.11 Å². The van der Waals surface area contributed by atoms with Gasteiger partial charge in [0.25, 0.3) is 0 Å². The van der Waals surface area contributed by atoms with Crippen molar-refractivity contribution in [3.05, 3.63) is 53.6 Å². The highest BCUT2D eigenvalue weighted by atomic mass is 16.5. The van der Waals surface area contributed by atoms with Crippen LogP contribution in [0.2, 0.25) is 0 Å². The van der Waals surface area contributed by atoms with E-state index in [4.69, 9.17) is 9.47 Å². The molecule has 1 heterocycles. The van der Waals surface area contributed by atoms with Crippen molar-refractivity contribution in [2.75, 3.05) is 58.3 Å². The second kappa shape index (κ2) is 14.1. The van der Waals surface area contributed by atoms with Crippen molar-refractivity contribution in [2.24, 2.45) is 0 Å². The van der Waals surface area contributed by atoms with Gasteiger partial charge < -0.3 is 24.8 Å². The molecule has 2 aromatic carbocycles. The minimum atomic E-state index is -0.541. The first kappa shape index (κ1) is 27.0. The van der Waals surface area contributed by atoms with Gasteiger partial charge in [0.05, 0.1) is 7.11 Å². The average Bonchev–Trinajstić information content (AvgIpc) is 2.86. The summed E-state index contributed by atoms with van der Waals surface area (Å²) >= 11 is 0. The van der Waals surface area contributed by atoms with Crippen molar-refractivity contribution < 1.29 is 19.4 Å². The van der Waals surface area contributed by atoms with E-state index in [0.717, 1.165) is 68.8 Å². The fraction of sp³-hybridized carbons (Fsp3) is 0.536. The van der Waals surface area contributed by atoms with E-state index < -0.39 is 6.10 Å². The Hall–Kier alpha value is -2.61. The standard InChI is InChI=1S/C28H41N3O4/c1-22-10-9-11-23(2)28(22)29-27(33)14-5-4-8-15-30-16-18-31(19-17-30)20-24(32)21-35-26-13-7-6-12-25(26)34-3/h6-7,9-13,24,32H,4-5,8,14-21H2,1-3H3,(H,29,33). The molecule has 0 saturated carbocycles. The summed E-state index contributed by atoms with van der Waals surface area (Å²) in [6.07, 6.45) is 3.10. The lowest BCUT2D eigenvalue weighted by Crippen LogP contribution is -2.49. The Kier molecular flexibility index (Phi) is 10.8. The van der Waals surface area contributed by atoms with Crippen molar-refractivity contribution in [3.63, 3.8) is 0 Å². The second-order valence-corrected chi connectivity index (χ2v) is 9.38. The molecule has 0 radical (unpaired) electrons. The summed E-state index contributed by atoms with van der Waals surface area (Å²) in [7, 11) is 1.61. The molecule has 1 fully saturated rings. The lowest BCUT2D eigenvalue weighted by atomic mass is 10.1. The minimum absolute atomic E-state index is 0.101. The van der Waals surface area contributed by atoms with Gasteiger partial charge in [-0.1, -0.05) is 36.8 Å². The third-order valence-corrected chi connectivity index (χ3v) is 6.56. The SMILES string of the molecule is COc1ccccc1OCC(O)CN1CCN(CCCCCC(=O)Nc2c(C)cccc2C)CC1. The first-order valence-corrected chi connectivity index (χ1v) is 12.7. The molecule has 1 saturated heterocycles. The van der Waals surface area contributed by atoms with E-state index in [1.807, 2.05) is 56.3 Å². The normalized spacial score (nSPS) is 15.5. The molecule has 35 heavy (non-hydrogen) atoms. The molecule has 2 N–H and O–H groups in total. The molecule has 1 unspecified atom stereocenters. The monoisotopic (exact) mass is 483 g/mol. The highest BCUT2D eigenvalue weighted by Gasteiger charge is 2.19. The molecule has 1 aliphatic rings. The largest absolute Gasteiger partial charge is 0.493 e. The number of β-amino-alcohol motifs (C(OH)–C–C–N with tert-alkyl or cyclic N) is 1. The van der Waals surface area contributed by atoms with Gasteiger partial charge >= 0.3 is 0 Å². The van der Waals surface area contributed by atoms with Crippen LogP contribution in [0.25, 0.3) is 0 Å². The molecule has 7 nitrogen and oxygen atoms in total. The Morgan fingerprint density at radius 2 is 1.60 bits per heavy atom. The number of hydrogen-bond acceptors (Lipinski definition) is 6. The van der Waals surface area contributed by atoms with Crippen LogP contribution in [0.5, 0.6) is 11.5 Å². The summed E-state index contributed by atoms with van der Waals surface area (Å²) in [6, 6.07) is 13.6. The number of nitrogens with zero attached hydrogens (tertiary/aromatic N) is 2. The van der Waals surface area contributed by atoms with Crippen LogP contribution in [-0.2, 0) is 4.79 Å². The van der Waals surface area contributed by atoms with Crippen molar-refractivity contribution in [3.8, 4) is 11.5 Å². The Labute approximate surface area is 210 Å². The van der Waals surface area contributed by atoms with Gasteiger partial charge in [-0.2, -0.15) is 0 Å². The Morgan fingerprint density at radius 3 is 2.29 bits per heavy atom. The molecule has 1 atom stereocenters. The number of methoxy groups -OCH3 is 1. The number of aliphatic hydroxyl groups is 1. The van der Waals surface area contributed by atoms with Crippen molar-refractivity contribution >= 4 is 11.6 Å². The first-order chi connectivity index (χ1) is 17.0. The van der Waals surface area contributed by atoms with Gasteiger partial charge in [-0.3, -0.25) is 9.69 Å². The number of aliphatic hydroxyl groups excluding tert-OH is 1. The number of ether oxygens (including phenoxy) is 2. The molecule has 0 bridgehead atoms. The molecular weight excluding hydrogens is 442 g/mol. The number of amides is 1. The van der Waals surface area contributed by atoms with E-state index in [1.165, 1.54) is 0 Å². The predicted octanol–water partition coefficient (Wildman–Crippen LogP) is 3.87. The highest BCUT2D eigenvalue weighted by Crippen LogP contribution is 2.26. The predicted molar refractivity (Wildman–Crippen MR) is 140 cm³/mol. The van der Waals surface area contributed by atoms with Gasteiger partial charge in [-0.25, -0.2) is 0 Å². The van der Waals surface area contributed by atoms with E-state index in [0.29, 0.717) is 24.5 Å². The summed E-state index contributed by atoms with van der Waals surface area (Å²) < 4.78 is 11.0. The molecule has 0 spiro atoms.